The number of aromatic nitrogens is 2. The monoisotopic (exact) mass is 320 g/mol. The standard InChI is InChI=1S/C20H17FN2O/c1-14-20(15(2)23(22-14)18-9-4-3-5-10-18)19(24)12-11-16-7-6-8-17(21)13-16/h3-13H,1-2H3. The summed E-state index contributed by atoms with van der Waals surface area (Å²) in [6, 6.07) is 15.8. The average Bonchev–Trinajstić information content (AvgIpc) is 2.88. The van der Waals surface area contributed by atoms with Crippen LogP contribution in [0.25, 0.3) is 11.8 Å². The first kappa shape index (κ1) is 15.9. The number of nitrogens with zero attached hydrogens (tertiary/aromatic N) is 2. The molecular formula is C20H17FN2O. The predicted molar refractivity (Wildman–Crippen MR) is 92.8 cm³/mol. The number of benzene rings is 2. The van der Waals surface area contributed by atoms with Crippen molar-refractivity contribution in [3.63, 3.8) is 0 Å². The number of halogens is 1. The molecule has 24 heavy (non-hydrogen) atoms. The highest BCUT2D eigenvalue weighted by Gasteiger charge is 2.17. The van der Waals surface area contributed by atoms with Crippen LogP contribution in [0.1, 0.15) is 27.3 Å². The fourth-order valence-corrected chi connectivity index (χ4v) is 2.69. The summed E-state index contributed by atoms with van der Waals surface area (Å²) in [5, 5.41) is 4.47. The van der Waals surface area contributed by atoms with Gasteiger partial charge >= 0.3 is 0 Å². The fourth-order valence-electron chi connectivity index (χ4n) is 2.69. The summed E-state index contributed by atoms with van der Waals surface area (Å²) >= 11 is 0. The van der Waals surface area contributed by atoms with Crippen molar-refractivity contribution in [2.45, 2.75) is 13.8 Å². The van der Waals surface area contributed by atoms with Gasteiger partial charge in [0.15, 0.2) is 5.78 Å². The summed E-state index contributed by atoms with van der Waals surface area (Å²) in [4.78, 5) is 12.6. The van der Waals surface area contributed by atoms with Gasteiger partial charge in [-0.3, -0.25) is 4.79 Å². The Labute approximate surface area is 140 Å². The van der Waals surface area contributed by atoms with Gasteiger partial charge in [-0.1, -0.05) is 36.4 Å². The maximum Gasteiger partial charge on any atom is 0.189 e. The van der Waals surface area contributed by atoms with E-state index in [1.165, 1.54) is 18.2 Å². The Bertz CT molecular complexity index is 911. The number of allylic oxidation sites excluding steroid dienone is 1. The minimum absolute atomic E-state index is 0.142. The second-order valence-corrected chi connectivity index (χ2v) is 5.55. The van der Waals surface area contributed by atoms with Crippen molar-refractivity contribution in [3.8, 4) is 5.69 Å². The molecule has 0 amide bonds. The molecule has 0 saturated carbocycles. The van der Waals surface area contributed by atoms with Crippen LogP contribution < -0.4 is 0 Å². The van der Waals surface area contributed by atoms with E-state index in [4.69, 9.17) is 0 Å². The molecule has 0 N–H and O–H groups in total. The van der Waals surface area contributed by atoms with Crippen molar-refractivity contribution in [1.82, 2.24) is 9.78 Å². The Balaban J connectivity index is 1.92. The first-order valence-corrected chi connectivity index (χ1v) is 7.66. The third kappa shape index (κ3) is 3.18. The van der Waals surface area contributed by atoms with Crippen LogP contribution in [0, 0.1) is 19.7 Å². The molecule has 0 spiro atoms. The Kier molecular flexibility index (Phi) is 4.38. The molecule has 2 aromatic carbocycles. The maximum atomic E-state index is 13.2. The molecule has 0 fully saturated rings. The van der Waals surface area contributed by atoms with Crippen LogP contribution in [-0.4, -0.2) is 15.6 Å². The van der Waals surface area contributed by atoms with E-state index in [2.05, 4.69) is 5.10 Å². The van der Waals surface area contributed by atoms with E-state index in [0.717, 1.165) is 11.4 Å². The number of ketones is 1. The number of para-hydroxylation sites is 1. The Morgan fingerprint density at radius 1 is 1.08 bits per heavy atom. The molecule has 3 aromatic rings. The molecule has 0 saturated heterocycles. The fraction of sp³-hybridized carbons (Fsp3) is 0.100. The van der Waals surface area contributed by atoms with E-state index in [9.17, 15) is 9.18 Å². The summed E-state index contributed by atoms with van der Waals surface area (Å²) in [5.74, 6) is -0.467. The molecule has 0 bridgehead atoms. The van der Waals surface area contributed by atoms with Gasteiger partial charge in [-0.15, -0.1) is 0 Å². The average molecular weight is 320 g/mol. The van der Waals surface area contributed by atoms with E-state index in [1.807, 2.05) is 44.2 Å². The van der Waals surface area contributed by atoms with Crippen molar-refractivity contribution in [1.29, 1.82) is 0 Å². The van der Waals surface area contributed by atoms with Gasteiger partial charge in [0, 0.05) is 0 Å². The highest BCUT2D eigenvalue weighted by molar-refractivity contribution is 6.08. The van der Waals surface area contributed by atoms with E-state index in [1.54, 1.807) is 22.9 Å². The SMILES string of the molecule is Cc1nn(-c2ccccc2)c(C)c1C(=O)C=Cc1cccc(F)c1. The number of hydrogen-bond donors (Lipinski definition) is 0. The maximum absolute atomic E-state index is 13.2. The number of hydrogen-bond acceptors (Lipinski definition) is 2. The third-order valence-electron chi connectivity index (χ3n) is 3.81. The van der Waals surface area contributed by atoms with Gasteiger partial charge in [0.05, 0.1) is 22.6 Å². The minimum Gasteiger partial charge on any atom is -0.289 e. The first-order chi connectivity index (χ1) is 11.6. The quantitative estimate of drug-likeness (QED) is 0.523. The van der Waals surface area contributed by atoms with Gasteiger partial charge in [-0.2, -0.15) is 5.10 Å². The predicted octanol–water partition coefficient (Wildman–Crippen LogP) is 4.52. The molecule has 0 radical (unpaired) electrons. The second-order valence-electron chi connectivity index (χ2n) is 5.55. The van der Waals surface area contributed by atoms with Crippen molar-refractivity contribution in [2.24, 2.45) is 0 Å². The third-order valence-corrected chi connectivity index (χ3v) is 3.81. The summed E-state index contributed by atoms with van der Waals surface area (Å²) in [6.07, 6.45) is 3.07. The first-order valence-electron chi connectivity index (χ1n) is 7.66. The molecule has 0 aliphatic heterocycles. The molecule has 4 heteroatoms. The Hall–Kier alpha value is -3.01. The van der Waals surface area contributed by atoms with E-state index >= 15 is 0 Å². The van der Waals surface area contributed by atoms with Crippen molar-refractivity contribution < 1.29 is 9.18 Å². The van der Waals surface area contributed by atoms with Crippen LogP contribution in [-0.2, 0) is 0 Å². The lowest BCUT2D eigenvalue weighted by atomic mass is 10.1. The van der Waals surface area contributed by atoms with Crippen LogP contribution in [0.2, 0.25) is 0 Å². The zero-order valence-corrected chi connectivity index (χ0v) is 13.5. The van der Waals surface area contributed by atoms with Crippen LogP contribution >= 0.6 is 0 Å². The largest absolute Gasteiger partial charge is 0.289 e. The molecule has 3 nitrogen and oxygen atoms in total. The van der Waals surface area contributed by atoms with Crippen LogP contribution in [0.3, 0.4) is 0 Å². The van der Waals surface area contributed by atoms with Crippen molar-refractivity contribution in [2.75, 3.05) is 0 Å². The number of aryl methyl sites for hydroxylation is 1. The normalized spacial score (nSPS) is 11.1. The van der Waals surface area contributed by atoms with Gasteiger partial charge in [0.2, 0.25) is 0 Å². The lowest BCUT2D eigenvalue weighted by Crippen LogP contribution is -2.01. The molecule has 120 valence electrons. The molecular weight excluding hydrogens is 303 g/mol. The summed E-state index contributed by atoms with van der Waals surface area (Å²) < 4.78 is 15.0. The molecule has 0 atom stereocenters. The van der Waals surface area contributed by atoms with Gasteiger partial charge < -0.3 is 0 Å². The number of rotatable bonds is 4. The molecule has 1 heterocycles. The van der Waals surface area contributed by atoms with Gasteiger partial charge in [0.25, 0.3) is 0 Å². The Morgan fingerprint density at radius 3 is 2.54 bits per heavy atom. The van der Waals surface area contributed by atoms with E-state index in [0.29, 0.717) is 16.8 Å². The van der Waals surface area contributed by atoms with Crippen molar-refractivity contribution in [3.05, 3.63) is 89.0 Å². The number of carbonyl (C=O) groups excluding carboxylic acids is 1. The van der Waals surface area contributed by atoms with E-state index in [-0.39, 0.29) is 11.6 Å². The van der Waals surface area contributed by atoms with Crippen molar-refractivity contribution >= 4 is 11.9 Å². The smallest absolute Gasteiger partial charge is 0.189 e. The highest BCUT2D eigenvalue weighted by atomic mass is 19.1. The molecule has 0 aliphatic carbocycles. The summed E-state index contributed by atoms with van der Waals surface area (Å²) in [7, 11) is 0. The van der Waals surface area contributed by atoms with Crippen LogP contribution in [0.4, 0.5) is 4.39 Å². The molecule has 1 aromatic heterocycles. The summed E-state index contributed by atoms with van der Waals surface area (Å²) in [5.41, 5.74) is 3.59. The van der Waals surface area contributed by atoms with Gasteiger partial charge in [-0.05, 0) is 49.8 Å². The Morgan fingerprint density at radius 2 is 1.83 bits per heavy atom. The molecule has 0 unspecified atom stereocenters. The highest BCUT2D eigenvalue weighted by Crippen LogP contribution is 2.19. The molecule has 0 aliphatic rings. The van der Waals surface area contributed by atoms with Gasteiger partial charge in [0.1, 0.15) is 5.82 Å². The minimum atomic E-state index is -0.325. The van der Waals surface area contributed by atoms with Gasteiger partial charge in [-0.25, -0.2) is 9.07 Å². The topological polar surface area (TPSA) is 34.9 Å². The zero-order valence-electron chi connectivity index (χ0n) is 13.5. The zero-order chi connectivity index (χ0) is 17.1. The lowest BCUT2D eigenvalue weighted by molar-refractivity contribution is 0.104. The molecule has 3 rings (SSSR count). The van der Waals surface area contributed by atoms with E-state index < -0.39 is 0 Å². The summed E-state index contributed by atoms with van der Waals surface area (Å²) in [6.45, 7) is 3.69. The lowest BCUT2D eigenvalue weighted by Gasteiger charge is -2.04. The number of carbonyl (C=O) groups is 1. The van der Waals surface area contributed by atoms with Crippen LogP contribution in [0.5, 0.6) is 0 Å². The van der Waals surface area contributed by atoms with Crippen LogP contribution in [0.15, 0.2) is 60.7 Å². The second kappa shape index (κ2) is 6.62.